The van der Waals surface area contributed by atoms with Gasteiger partial charge in [0.2, 0.25) is 0 Å². The first-order valence-corrected chi connectivity index (χ1v) is 28.1. The first-order chi connectivity index (χ1) is 41.6. The number of hydrogen-bond donors (Lipinski definition) is 24. The van der Waals surface area contributed by atoms with Gasteiger partial charge in [0.05, 0.1) is 52.9 Å². The summed E-state index contributed by atoms with van der Waals surface area (Å²) in [4.78, 5) is 0. The summed E-state index contributed by atoms with van der Waals surface area (Å²) in [7, 11) is 0. The van der Waals surface area contributed by atoms with Gasteiger partial charge < -0.3 is 198 Å². The molecule has 9 heterocycles. The molecule has 40 nitrogen and oxygen atoms in total. The van der Waals surface area contributed by atoms with Crippen molar-refractivity contribution in [1.29, 1.82) is 0 Å². The third-order valence-corrected chi connectivity index (χ3v) is 16.7. The highest BCUT2D eigenvalue weighted by Crippen LogP contribution is 2.34. The fourth-order valence-electron chi connectivity index (χ4n) is 11.1. The first kappa shape index (κ1) is 70.7. The molecule has 0 radical (unpaired) electrons. The minimum Gasteiger partial charge on any atom is -0.387 e. The molecule has 9 rings (SSSR count). The van der Waals surface area contributed by atoms with Crippen molar-refractivity contribution < 1.29 is 198 Å². The molecule has 16 bridgehead atoms. The van der Waals surface area contributed by atoms with Crippen LogP contribution in [0.25, 0.3) is 0 Å². The van der Waals surface area contributed by atoms with Gasteiger partial charge in [-0.1, -0.05) is 0 Å². The molecule has 512 valence electrons. The van der Waals surface area contributed by atoms with Crippen LogP contribution >= 0.6 is 0 Å². The summed E-state index contributed by atoms with van der Waals surface area (Å²) >= 11 is 0. The molecular formula is C48H80O40. The summed E-state index contributed by atoms with van der Waals surface area (Å²) in [6.45, 7) is -6.85. The van der Waals surface area contributed by atoms with Crippen molar-refractivity contribution in [2.45, 2.75) is 246 Å². The van der Waals surface area contributed by atoms with Gasteiger partial charge in [0.1, 0.15) is 195 Å². The van der Waals surface area contributed by atoms with E-state index in [1.165, 1.54) is 0 Å². The van der Waals surface area contributed by atoms with Crippen LogP contribution in [0.4, 0.5) is 0 Å². The summed E-state index contributed by atoms with van der Waals surface area (Å²) in [5, 5.41) is 260. The monoisotopic (exact) mass is 1300 g/mol. The molecule has 0 aromatic carbocycles. The molecule has 0 aliphatic carbocycles. The van der Waals surface area contributed by atoms with Crippen LogP contribution in [-0.4, -0.2) is 421 Å². The zero-order valence-corrected chi connectivity index (χ0v) is 46.0. The summed E-state index contributed by atoms with van der Waals surface area (Å²) in [5.41, 5.74) is 0. The number of rotatable bonds is 0. The summed E-state index contributed by atoms with van der Waals surface area (Å²) in [6.07, 6.45) is -77.8. The molecule has 9 aliphatic rings. The largest absolute Gasteiger partial charge is 0.387 e. The Morgan fingerprint density at radius 1 is 0.125 bits per heavy atom. The highest BCUT2D eigenvalue weighted by Gasteiger charge is 2.55. The molecule has 24 N–H and O–H groups in total. The van der Waals surface area contributed by atoms with Gasteiger partial charge in [-0.25, -0.2) is 0 Å². The summed E-state index contributed by atoms with van der Waals surface area (Å²) in [5.74, 6) is 0. The predicted molar refractivity (Wildman–Crippen MR) is 261 cm³/mol. The molecule has 0 unspecified atom stereocenters. The van der Waals surface area contributed by atoms with Crippen molar-refractivity contribution in [2.75, 3.05) is 52.9 Å². The van der Waals surface area contributed by atoms with Crippen LogP contribution in [0.1, 0.15) is 0 Å². The lowest BCUT2D eigenvalue weighted by Crippen LogP contribution is -2.64. The van der Waals surface area contributed by atoms with E-state index in [1.807, 2.05) is 0 Å². The topological polar surface area (TPSA) is 633 Å². The quantitative estimate of drug-likeness (QED) is 0.107. The second kappa shape index (κ2) is 30.0. The Balaban J connectivity index is 0.923. The SMILES string of the molecule is O[C@@H]1[C@@H](O)[C@H]2OC[C@H]3O[C@H](OC[C@H]4O[C@H](OC[C@H]5O[C@H](OC[C@H]6O[C@H](OC[C@H]7O[C@H](OC[C@H]8O[C@H](OC[C@H]9O[C@H](OC[C@@H](O2)[C@H]1O)[C@H](O)[C@@H](O)[C@@H]9O)[C@H](O)[C@@H](O)[C@@H]8O)[C@H](O)[C@@H](O)[C@@H]7O)[C@H](O)[C@@H](O)[C@@H]6O)[C@H](O)[C@@H](O)[C@@H]5O)[C@H](O)[C@@H](O)[C@@H]4O)[C@H](O)[C@@H](O)[C@@H]3O. The average molecular weight is 1300 g/mol. The highest BCUT2D eigenvalue weighted by molar-refractivity contribution is 4.98. The third-order valence-electron chi connectivity index (χ3n) is 16.7. The van der Waals surface area contributed by atoms with Crippen molar-refractivity contribution in [3.8, 4) is 0 Å². The van der Waals surface area contributed by atoms with Crippen LogP contribution in [0.3, 0.4) is 0 Å². The van der Waals surface area contributed by atoms with E-state index in [0.29, 0.717) is 0 Å². The minimum atomic E-state index is -2.07. The number of aliphatic hydroxyl groups is 24. The van der Waals surface area contributed by atoms with Crippen molar-refractivity contribution in [3.05, 3.63) is 0 Å². The minimum absolute atomic E-state index is 0.856. The molecule has 0 aromatic heterocycles. The van der Waals surface area contributed by atoms with Crippen LogP contribution in [-0.2, 0) is 75.8 Å². The van der Waals surface area contributed by atoms with E-state index in [9.17, 15) is 123 Å². The maximum Gasteiger partial charge on any atom is 0.186 e. The van der Waals surface area contributed by atoms with Crippen molar-refractivity contribution in [3.63, 3.8) is 0 Å². The standard InChI is InChI=1S/C48H80O40/c49-17-9-1-73-41-33(65)26(58)18(50)10(82-41)2-75-43-35(67)28(60)20(52)12(84-43)4-77-45-37(69)30(62)22(54)14(86-45)6-79-47-39(71)32(64)24(56)16(88-47)8-80-48-40(72)31(63)23(55)15(87-48)7-78-46-38(70)29(61)21(53)13(85-46)5-76-44-36(68)27(59)19(51)11(83-44)3-74-42(81-9)34(66)25(17)57/h9-72H,1-8H2/t9-,10-,11-,12-,13-,14-,15-,16-,17-,18-,19-,20-,21-,22-,23-,24-,25+,26+,27+,28+,29+,30+,31+,32+,33-,34-,35-,36-,37-,38-,39-,40-,41+,42+,43+,44+,45+,46+,47+,48+/m1/s1. The van der Waals surface area contributed by atoms with Crippen LogP contribution in [0, 0.1) is 0 Å². The maximum atomic E-state index is 10.9. The Morgan fingerprint density at radius 2 is 0.216 bits per heavy atom. The molecular weight excluding hydrogens is 1220 g/mol. The Hall–Kier alpha value is -1.60. The normalized spacial score (nSPS) is 56.5. The van der Waals surface area contributed by atoms with Crippen molar-refractivity contribution in [1.82, 2.24) is 0 Å². The van der Waals surface area contributed by atoms with E-state index in [0.717, 1.165) is 0 Å². The second-order valence-corrected chi connectivity index (χ2v) is 22.8. The Bertz CT molecular complexity index is 1590. The van der Waals surface area contributed by atoms with E-state index < -0.39 is 299 Å². The molecule has 40 atom stereocenters. The third kappa shape index (κ3) is 14.9. The van der Waals surface area contributed by atoms with Gasteiger partial charge in [-0.3, -0.25) is 0 Å². The molecule has 9 aliphatic heterocycles. The summed E-state index contributed by atoms with van der Waals surface area (Å²) < 4.78 is 89.8. The number of aliphatic hydroxyl groups excluding tert-OH is 24. The van der Waals surface area contributed by atoms with Gasteiger partial charge in [0, 0.05) is 0 Å². The Kier molecular flexibility index (Phi) is 24.1. The molecule has 0 spiro atoms. The Morgan fingerprint density at radius 3 is 0.307 bits per heavy atom. The zero-order valence-electron chi connectivity index (χ0n) is 46.0. The van der Waals surface area contributed by atoms with E-state index in [4.69, 9.17) is 75.8 Å². The molecule has 0 aromatic rings. The second-order valence-electron chi connectivity index (χ2n) is 22.8. The van der Waals surface area contributed by atoms with Gasteiger partial charge in [0.25, 0.3) is 0 Å². The fraction of sp³-hybridized carbons (Fsp3) is 1.00. The molecule has 0 saturated carbocycles. The van der Waals surface area contributed by atoms with E-state index in [-0.39, 0.29) is 0 Å². The van der Waals surface area contributed by atoms with Crippen LogP contribution in [0.15, 0.2) is 0 Å². The zero-order chi connectivity index (χ0) is 64.1. The van der Waals surface area contributed by atoms with Gasteiger partial charge in [-0.2, -0.15) is 0 Å². The van der Waals surface area contributed by atoms with E-state index in [2.05, 4.69) is 0 Å². The molecule has 88 heavy (non-hydrogen) atoms. The lowest BCUT2D eigenvalue weighted by Gasteiger charge is -2.45. The van der Waals surface area contributed by atoms with Crippen molar-refractivity contribution in [2.24, 2.45) is 0 Å². The van der Waals surface area contributed by atoms with Gasteiger partial charge >= 0.3 is 0 Å². The predicted octanol–water partition coefficient (Wildman–Crippen LogP) is -17.4. The smallest absolute Gasteiger partial charge is 0.186 e. The number of hydrogen-bond acceptors (Lipinski definition) is 40. The first-order valence-electron chi connectivity index (χ1n) is 28.1. The average Bonchev–Trinajstić information content (AvgIpc) is 2.39. The lowest BCUT2D eigenvalue weighted by atomic mass is 9.97. The van der Waals surface area contributed by atoms with Gasteiger partial charge in [-0.05, 0) is 0 Å². The van der Waals surface area contributed by atoms with Gasteiger partial charge in [-0.15, -0.1) is 0 Å². The van der Waals surface area contributed by atoms with Crippen molar-refractivity contribution >= 4 is 0 Å². The van der Waals surface area contributed by atoms with E-state index >= 15 is 0 Å². The fourth-order valence-corrected chi connectivity index (χ4v) is 11.1. The van der Waals surface area contributed by atoms with Crippen LogP contribution < -0.4 is 0 Å². The van der Waals surface area contributed by atoms with Crippen LogP contribution in [0.2, 0.25) is 0 Å². The summed E-state index contributed by atoms with van der Waals surface area (Å²) in [6, 6.07) is 0. The highest BCUT2D eigenvalue weighted by atomic mass is 16.8. The molecule has 40 heteroatoms. The number of fused-ring (bicyclic) bond motifs is 16. The lowest BCUT2D eigenvalue weighted by molar-refractivity contribution is -0.357. The number of ether oxygens (including phenoxy) is 16. The van der Waals surface area contributed by atoms with Crippen LogP contribution in [0.5, 0.6) is 0 Å². The van der Waals surface area contributed by atoms with Gasteiger partial charge in [0.15, 0.2) is 50.3 Å². The maximum absolute atomic E-state index is 10.9. The molecule has 9 saturated heterocycles. The molecule has 0 amide bonds. The molecule has 9 fully saturated rings. The Labute approximate surface area is 496 Å². The van der Waals surface area contributed by atoms with E-state index in [1.54, 1.807) is 0 Å².